The van der Waals surface area contributed by atoms with Gasteiger partial charge in [0, 0.05) is 0 Å². The number of hydrogen-bond acceptors (Lipinski definition) is 3. The molecule has 0 aromatic carbocycles. The molecular formula is C11H18N2O. The maximum absolute atomic E-state index is 11.1. The van der Waals surface area contributed by atoms with Gasteiger partial charge in [0.25, 0.3) is 0 Å². The van der Waals surface area contributed by atoms with E-state index in [1.807, 2.05) is 18.0 Å². The fourth-order valence-corrected chi connectivity index (χ4v) is 1.71. The van der Waals surface area contributed by atoms with E-state index in [1.54, 1.807) is 0 Å². The number of nitrogens with zero attached hydrogens (tertiary/aromatic N) is 2. The Balaban J connectivity index is 2.05. The molecule has 0 N–H and O–H groups in total. The first-order valence-corrected chi connectivity index (χ1v) is 5.29. The van der Waals surface area contributed by atoms with Crippen LogP contribution in [-0.2, 0) is 4.79 Å². The normalized spacial score (nSPS) is 16.4. The first kappa shape index (κ1) is 11.2. The fourth-order valence-electron chi connectivity index (χ4n) is 1.71. The van der Waals surface area contributed by atoms with E-state index in [9.17, 15) is 4.79 Å². The van der Waals surface area contributed by atoms with Gasteiger partial charge in [0.05, 0.1) is 19.0 Å². The van der Waals surface area contributed by atoms with Gasteiger partial charge in [-0.15, -0.1) is 0 Å². The molecule has 0 saturated heterocycles. The number of carbonyl (C=O) groups is 1. The Labute approximate surface area is 85.7 Å². The molecule has 0 atom stereocenters. The van der Waals surface area contributed by atoms with Crippen molar-refractivity contribution in [3.8, 4) is 6.07 Å². The molecule has 0 bridgehead atoms. The van der Waals surface area contributed by atoms with Crippen molar-refractivity contribution in [3.63, 3.8) is 0 Å². The molecule has 0 radical (unpaired) electrons. The minimum Gasteiger partial charge on any atom is -0.299 e. The van der Waals surface area contributed by atoms with Crippen LogP contribution in [0.15, 0.2) is 0 Å². The first-order chi connectivity index (χ1) is 6.72. The second-order valence-corrected chi connectivity index (χ2v) is 4.20. The smallest absolute Gasteiger partial charge is 0.160 e. The third-order valence-electron chi connectivity index (χ3n) is 2.87. The number of carbonyl (C=O) groups excluding carboxylic acids is 1. The summed E-state index contributed by atoms with van der Waals surface area (Å²) in [7, 11) is 1.95. The summed E-state index contributed by atoms with van der Waals surface area (Å²) in [6, 6.07) is 1.88. The van der Waals surface area contributed by atoms with Gasteiger partial charge in [0.1, 0.15) is 0 Å². The van der Waals surface area contributed by atoms with Crippen LogP contribution in [-0.4, -0.2) is 30.8 Å². The first-order valence-electron chi connectivity index (χ1n) is 5.29. The van der Waals surface area contributed by atoms with Gasteiger partial charge in [-0.25, -0.2) is 0 Å². The van der Waals surface area contributed by atoms with Gasteiger partial charge >= 0.3 is 0 Å². The van der Waals surface area contributed by atoms with Crippen molar-refractivity contribution < 1.29 is 4.79 Å². The summed E-state index contributed by atoms with van der Waals surface area (Å²) in [6.07, 6.45) is 5.35. The highest BCUT2D eigenvalue weighted by molar-refractivity contribution is 5.82. The Morgan fingerprint density at radius 1 is 1.57 bits per heavy atom. The standard InChI is InChI=1S/C11H18N2O/c1-13(9-11(14)5-7-12)8-6-10-3-2-4-10/h10H,2-6,8-9H2,1H3. The van der Waals surface area contributed by atoms with Gasteiger partial charge in [-0.3, -0.25) is 9.69 Å². The third-order valence-corrected chi connectivity index (χ3v) is 2.87. The second-order valence-electron chi connectivity index (χ2n) is 4.20. The molecule has 0 unspecified atom stereocenters. The maximum Gasteiger partial charge on any atom is 0.160 e. The van der Waals surface area contributed by atoms with Crippen molar-refractivity contribution in [1.82, 2.24) is 4.90 Å². The summed E-state index contributed by atoms with van der Waals surface area (Å²) in [5.41, 5.74) is 0. The molecule has 3 heteroatoms. The number of nitriles is 1. The molecule has 3 nitrogen and oxygen atoms in total. The van der Waals surface area contributed by atoms with Crippen LogP contribution in [0.3, 0.4) is 0 Å². The second kappa shape index (κ2) is 5.77. The van der Waals surface area contributed by atoms with Gasteiger partial charge in [-0.2, -0.15) is 5.26 Å². The van der Waals surface area contributed by atoms with Gasteiger partial charge in [0.15, 0.2) is 5.78 Å². The largest absolute Gasteiger partial charge is 0.299 e. The highest BCUT2D eigenvalue weighted by Gasteiger charge is 2.17. The molecular weight excluding hydrogens is 176 g/mol. The number of Topliss-reactive ketones (excluding diaryl/α,β-unsaturated/α-hetero) is 1. The third kappa shape index (κ3) is 3.89. The average molecular weight is 194 g/mol. The number of hydrogen-bond donors (Lipinski definition) is 0. The van der Waals surface area contributed by atoms with Crippen molar-refractivity contribution in [1.29, 1.82) is 5.26 Å². The van der Waals surface area contributed by atoms with E-state index in [4.69, 9.17) is 5.26 Å². The van der Waals surface area contributed by atoms with Crippen LogP contribution < -0.4 is 0 Å². The van der Waals surface area contributed by atoms with Crippen molar-refractivity contribution >= 4 is 5.78 Å². The summed E-state index contributed by atoms with van der Waals surface area (Å²) in [6.45, 7) is 1.42. The molecule has 14 heavy (non-hydrogen) atoms. The van der Waals surface area contributed by atoms with E-state index in [0.29, 0.717) is 6.54 Å². The van der Waals surface area contributed by atoms with Gasteiger partial charge in [-0.05, 0) is 25.9 Å². The number of rotatable bonds is 6. The summed E-state index contributed by atoms with van der Waals surface area (Å²) in [5.74, 6) is 0.923. The highest BCUT2D eigenvalue weighted by Crippen LogP contribution is 2.29. The Morgan fingerprint density at radius 3 is 2.79 bits per heavy atom. The fraction of sp³-hybridized carbons (Fsp3) is 0.818. The highest BCUT2D eigenvalue weighted by atomic mass is 16.1. The molecule has 0 heterocycles. The van der Waals surface area contributed by atoms with E-state index in [-0.39, 0.29) is 12.2 Å². The number of likely N-dealkylation sites (N-methyl/N-ethyl adjacent to an activating group) is 1. The minimum atomic E-state index is 0.0311. The Morgan fingerprint density at radius 2 is 2.29 bits per heavy atom. The summed E-state index contributed by atoms with van der Waals surface area (Å²) in [5, 5.41) is 8.33. The zero-order valence-corrected chi connectivity index (χ0v) is 8.83. The van der Waals surface area contributed by atoms with Crippen LogP contribution in [0.5, 0.6) is 0 Å². The van der Waals surface area contributed by atoms with Gasteiger partial charge < -0.3 is 0 Å². The van der Waals surface area contributed by atoms with Crippen LogP contribution in [0.25, 0.3) is 0 Å². The lowest BCUT2D eigenvalue weighted by atomic mass is 9.83. The van der Waals surface area contributed by atoms with Crippen LogP contribution in [0, 0.1) is 17.2 Å². The van der Waals surface area contributed by atoms with Crippen LogP contribution in [0.4, 0.5) is 0 Å². The van der Waals surface area contributed by atoms with E-state index in [1.165, 1.54) is 25.7 Å². The zero-order chi connectivity index (χ0) is 10.4. The van der Waals surface area contributed by atoms with E-state index >= 15 is 0 Å². The average Bonchev–Trinajstić information content (AvgIpc) is 2.01. The molecule has 0 aromatic rings. The lowest BCUT2D eigenvalue weighted by Gasteiger charge is -2.27. The van der Waals surface area contributed by atoms with E-state index in [0.717, 1.165) is 12.5 Å². The molecule has 1 saturated carbocycles. The lowest BCUT2D eigenvalue weighted by molar-refractivity contribution is -0.119. The Kier molecular flexibility index (Phi) is 4.61. The topological polar surface area (TPSA) is 44.1 Å². The molecule has 0 amide bonds. The van der Waals surface area contributed by atoms with Crippen molar-refractivity contribution in [2.75, 3.05) is 20.1 Å². The summed E-state index contributed by atoms with van der Waals surface area (Å²) in [4.78, 5) is 13.1. The molecule has 78 valence electrons. The SMILES string of the molecule is CN(CCC1CCC1)CC(=O)CC#N. The monoisotopic (exact) mass is 194 g/mol. The predicted molar refractivity (Wildman–Crippen MR) is 54.7 cm³/mol. The molecule has 1 fully saturated rings. The van der Waals surface area contributed by atoms with Gasteiger partial charge in [-0.1, -0.05) is 19.3 Å². The van der Waals surface area contributed by atoms with Crippen molar-refractivity contribution in [2.45, 2.75) is 32.1 Å². The molecule has 0 aliphatic heterocycles. The molecule has 0 spiro atoms. The van der Waals surface area contributed by atoms with Crippen molar-refractivity contribution in [2.24, 2.45) is 5.92 Å². The van der Waals surface area contributed by atoms with Crippen LogP contribution >= 0.6 is 0 Å². The minimum absolute atomic E-state index is 0.0311. The van der Waals surface area contributed by atoms with Gasteiger partial charge in [0.2, 0.25) is 0 Å². The lowest BCUT2D eigenvalue weighted by Crippen LogP contribution is -2.28. The van der Waals surface area contributed by atoms with Crippen molar-refractivity contribution in [3.05, 3.63) is 0 Å². The van der Waals surface area contributed by atoms with Crippen LogP contribution in [0.1, 0.15) is 32.1 Å². The maximum atomic E-state index is 11.1. The van der Waals surface area contributed by atoms with E-state index < -0.39 is 0 Å². The zero-order valence-electron chi connectivity index (χ0n) is 8.83. The molecule has 1 rings (SSSR count). The van der Waals surface area contributed by atoms with E-state index in [2.05, 4.69) is 0 Å². The molecule has 1 aliphatic rings. The predicted octanol–water partition coefficient (Wildman–Crippen LogP) is 1.59. The Hall–Kier alpha value is -0.880. The summed E-state index contributed by atoms with van der Waals surface area (Å²) >= 11 is 0. The van der Waals surface area contributed by atoms with Crippen LogP contribution in [0.2, 0.25) is 0 Å². The Bertz CT molecular complexity index is 228. The quantitative estimate of drug-likeness (QED) is 0.645. The molecule has 1 aliphatic carbocycles. The number of ketones is 1. The summed E-state index contributed by atoms with van der Waals surface area (Å²) < 4.78 is 0. The molecule has 0 aromatic heterocycles.